The van der Waals surface area contributed by atoms with Crippen molar-refractivity contribution in [1.82, 2.24) is 4.72 Å². The van der Waals surface area contributed by atoms with E-state index in [9.17, 15) is 13.2 Å². The highest BCUT2D eigenvalue weighted by atomic mass is 32.2. The normalized spacial score (nSPS) is 19.6. The predicted molar refractivity (Wildman–Crippen MR) is 115 cm³/mol. The van der Waals surface area contributed by atoms with Crippen LogP contribution in [0, 0.1) is 0 Å². The number of carbonyl (C=O) groups excluding carboxylic acids is 1. The van der Waals surface area contributed by atoms with Gasteiger partial charge in [-0.1, -0.05) is 18.2 Å². The Balaban J connectivity index is 1.56. The van der Waals surface area contributed by atoms with Gasteiger partial charge in [-0.15, -0.1) is 0 Å². The molecule has 2 aromatic rings. The number of anilines is 1. The number of aryl methyl sites for hydroxylation is 2. The van der Waals surface area contributed by atoms with Crippen molar-refractivity contribution in [2.45, 2.75) is 69.9 Å². The second-order valence-electron chi connectivity index (χ2n) is 8.31. The number of amides is 1. The minimum absolute atomic E-state index is 0.0222. The molecule has 2 aromatic carbocycles. The molecule has 0 radical (unpaired) electrons. The molecule has 2 unspecified atom stereocenters. The molecule has 1 aliphatic carbocycles. The molecule has 154 valence electrons. The van der Waals surface area contributed by atoms with Gasteiger partial charge < -0.3 is 4.90 Å². The Bertz CT molecular complexity index is 1060. The zero-order chi connectivity index (χ0) is 20.8. The molecule has 0 aromatic heterocycles. The lowest BCUT2D eigenvalue weighted by molar-refractivity contribution is -0.116. The summed E-state index contributed by atoms with van der Waals surface area (Å²) in [6.45, 7) is 5.40. The fourth-order valence-electron chi connectivity index (χ4n) is 4.65. The molecule has 1 amide bonds. The quantitative estimate of drug-likeness (QED) is 0.828. The van der Waals surface area contributed by atoms with Crippen LogP contribution < -0.4 is 9.62 Å². The van der Waals surface area contributed by atoms with E-state index in [4.69, 9.17) is 0 Å². The van der Waals surface area contributed by atoms with E-state index in [0.29, 0.717) is 6.42 Å². The van der Waals surface area contributed by atoms with E-state index in [-0.39, 0.29) is 22.9 Å². The third kappa shape index (κ3) is 3.83. The summed E-state index contributed by atoms with van der Waals surface area (Å²) in [6, 6.07) is 11.1. The standard InChI is InChI=1S/C23H28N2O3S/c1-15-12-21-14-22(10-11-23(21)25(15)17(3)26)29(27,28)24-16(2)19-9-8-18-6-4-5-7-20(18)13-19/h8-11,13-16,24H,4-7,12H2,1-3H3. The maximum Gasteiger partial charge on any atom is 0.241 e. The molecule has 1 heterocycles. The summed E-state index contributed by atoms with van der Waals surface area (Å²) < 4.78 is 28.8. The summed E-state index contributed by atoms with van der Waals surface area (Å²) in [5, 5.41) is 0. The summed E-state index contributed by atoms with van der Waals surface area (Å²) in [5.41, 5.74) is 5.43. The Labute approximate surface area is 173 Å². The number of fused-ring (bicyclic) bond motifs is 2. The third-order valence-corrected chi connectivity index (χ3v) is 7.66. The number of nitrogens with zero attached hydrogens (tertiary/aromatic N) is 1. The van der Waals surface area contributed by atoms with Crippen molar-refractivity contribution in [3.8, 4) is 0 Å². The number of hydrogen-bond acceptors (Lipinski definition) is 3. The molecule has 1 N–H and O–H groups in total. The SMILES string of the molecule is CC(=O)N1c2ccc(S(=O)(=O)NC(C)c3ccc4c(c3)CCCC4)cc2CC1C. The highest BCUT2D eigenvalue weighted by molar-refractivity contribution is 7.89. The van der Waals surface area contributed by atoms with Gasteiger partial charge in [0, 0.05) is 24.7 Å². The van der Waals surface area contributed by atoms with Crippen LogP contribution >= 0.6 is 0 Å². The highest BCUT2D eigenvalue weighted by Gasteiger charge is 2.30. The van der Waals surface area contributed by atoms with Crippen LogP contribution in [0.25, 0.3) is 0 Å². The molecule has 6 heteroatoms. The lowest BCUT2D eigenvalue weighted by Crippen LogP contribution is -2.33. The van der Waals surface area contributed by atoms with Crippen LogP contribution in [-0.4, -0.2) is 20.4 Å². The number of benzene rings is 2. The zero-order valence-electron chi connectivity index (χ0n) is 17.2. The number of hydrogen-bond donors (Lipinski definition) is 1. The molecular formula is C23H28N2O3S. The first kappa shape index (κ1) is 20.1. The fraction of sp³-hybridized carbons (Fsp3) is 0.435. The van der Waals surface area contributed by atoms with Gasteiger partial charge in [0.05, 0.1) is 4.90 Å². The topological polar surface area (TPSA) is 66.5 Å². The van der Waals surface area contributed by atoms with Crippen LogP contribution in [0.4, 0.5) is 5.69 Å². The second kappa shape index (κ2) is 7.58. The van der Waals surface area contributed by atoms with Gasteiger partial charge in [0.25, 0.3) is 0 Å². The summed E-state index contributed by atoms with van der Waals surface area (Å²) in [7, 11) is -3.66. The van der Waals surface area contributed by atoms with Crippen molar-refractivity contribution in [3.05, 3.63) is 58.7 Å². The van der Waals surface area contributed by atoms with Gasteiger partial charge >= 0.3 is 0 Å². The molecule has 2 aliphatic rings. The molecule has 4 rings (SSSR count). The van der Waals surface area contributed by atoms with Crippen molar-refractivity contribution in [1.29, 1.82) is 0 Å². The van der Waals surface area contributed by atoms with E-state index in [0.717, 1.165) is 29.7 Å². The van der Waals surface area contributed by atoms with Crippen molar-refractivity contribution in [2.24, 2.45) is 0 Å². The van der Waals surface area contributed by atoms with E-state index in [1.165, 1.54) is 30.9 Å². The average Bonchev–Trinajstić information content (AvgIpc) is 3.02. The molecule has 0 spiro atoms. The maximum absolute atomic E-state index is 13.0. The predicted octanol–water partition coefficient (Wildman–Crippen LogP) is 3.90. The van der Waals surface area contributed by atoms with E-state index in [2.05, 4.69) is 16.9 Å². The number of rotatable bonds is 4. The molecule has 0 fully saturated rings. The van der Waals surface area contributed by atoms with Crippen molar-refractivity contribution < 1.29 is 13.2 Å². The molecular weight excluding hydrogens is 384 g/mol. The summed E-state index contributed by atoms with van der Waals surface area (Å²) in [5.74, 6) is -0.0222. The summed E-state index contributed by atoms with van der Waals surface area (Å²) >= 11 is 0. The lowest BCUT2D eigenvalue weighted by Gasteiger charge is -2.21. The average molecular weight is 413 g/mol. The fourth-order valence-corrected chi connectivity index (χ4v) is 5.93. The lowest BCUT2D eigenvalue weighted by atomic mass is 9.89. The molecule has 1 aliphatic heterocycles. The molecule has 0 saturated carbocycles. The molecule has 29 heavy (non-hydrogen) atoms. The number of nitrogens with one attached hydrogen (secondary N) is 1. The first-order chi connectivity index (χ1) is 13.8. The Morgan fingerprint density at radius 3 is 2.52 bits per heavy atom. The Morgan fingerprint density at radius 2 is 1.79 bits per heavy atom. The summed E-state index contributed by atoms with van der Waals surface area (Å²) in [6.07, 6.45) is 5.27. The van der Waals surface area contributed by atoms with Crippen molar-refractivity contribution in [2.75, 3.05) is 4.90 Å². The van der Waals surface area contributed by atoms with Gasteiger partial charge in [-0.25, -0.2) is 13.1 Å². The van der Waals surface area contributed by atoms with Gasteiger partial charge in [0.2, 0.25) is 15.9 Å². The van der Waals surface area contributed by atoms with E-state index in [1.807, 2.05) is 19.9 Å². The largest absolute Gasteiger partial charge is 0.309 e. The first-order valence-corrected chi connectivity index (χ1v) is 11.8. The highest BCUT2D eigenvalue weighted by Crippen LogP contribution is 2.34. The van der Waals surface area contributed by atoms with Gasteiger partial charge in [0.1, 0.15) is 0 Å². The van der Waals surface area contributed by atoms with Crippen LogP contribution in [0.5, 0.6) is 0 Å². The van der Waals surface area contributed by atoms with Gasteiger partial charge in [-0.05, 0) is 86.4 Å². The van der Waals surface area contributed by atoms with Crippen LogP contribution in [0.1, 0.15) is 61.9 Å². The van der Waals surface area contributed by atoms with E-state index < -0.39 is 10.0 Å². The molecule has 5 nitrogen and oxygen atoms in total. The van der Waals surface area contributed by atoms with Crippen LogP contribution in [0.3, 0.4) is 0 Å². The number of carbonyl (C=O) groups is 1. The molecule has 0 saturated heterocycles. The minimum Gasteiger partial charge on any atom is -0.309 e. The zero-order valence-corrected chi connectivity index (χ0v) is 18.1. The molecule has 2 atom stereocenters. The van der Waals surface area contributed by atoms with E-state index in [1.54, 1.807) is 23.1 Å². The first-order valence-electron chi connectivity index (χ1n) is 10.3. The molecule has 0 bridgehead atoms. The maximum atomic E-state index is 13.0. The second-order valence-corrected chi connectivity index (χ2v) is 10.0. The van der Waals surface area contributed by atoms with Crippen molar-refractivity contribution in [3.63, 3.8) is 0 Å². The summed E-state index contributed by atoms with van der Waals surface area (Å²) in [4.78, 5) is 13.9. The smallest absolute Gasteiger partial charge is 0.241 e. The van der Waals surface area contributed by atoms with Crippen LogP contribution in [0.2, 0.25) is 0 Å². The Hall–Kier alpha value is -2.18. The van der Waals surface area contributed by atoms with Gasteiger partial charge in [-0.2, -0.15) is 0 Å². The van der Waals surface area contributed by atoms with E-state index >= 15 is 0 Å². The van der Waals surface area contributed by atoms with Crippen LogP contribution in [0.15, 0.2) is 41.3 Å². The Kier molecular flexibility index (Phi) is 5.25. The van der Waals surface area contributed by atoms with Crippen molar-refractivity contribution >= 4 is 21.6 Å². The minimum atomic E-state index is -3.66. The van der Waals surface area contributed by atoms with Gasteiger partial charge in [-0.3, -0.25) is 4.79 Å². The number of sulfonamides is 1. The van der Waals surface area contributed by atoms with Crippen LogP contribution in [-0.2, 0) is 34.1 Å². The Morgan fingerprint density at radius 1 is 1.07 bits per heavy atom. The van der Waals surface area contributed by atoms with Gasteiger partial charge in [0.15, 0.2) is 0 Å². The monoisotopic (exact) mass is 412 g/mol. The third-order valence-electron chi connectivity index (χ3n) is 6.12.